The number of carbonyl (C=O) groups excluding carboxylic acids is 5. The summed E-state index contributed by atoms with van der Waals surface area (Å²) >= 11 is 0. The predicted octanol–water partition coefficient (Wildman–Crippen LogP) is 4.48. The van der Waals surface area contributed by atoms with Crippen molar-refractivity contribution < 1.29 is 33.4 Å². The molecular weight excluding hydrogens is 610 g/mol. The zero-order valence-electron chi connectivity index (χ0n) is 26.4. The molecule has 3 aromatic carbocycles. The molecule has 3 rings (SSSR count). The summed E-state index contributed by atoms with van der Waals surface area (Å²) in [7, 11) is 0. The number of nitrogens with one attached hydrogen (secondary N) is 2. The van der Waals surface area contributed by atoms with Crippen molar-refractivity contribution in [1.29, 1.82) is 0 Å². The average molecular weight is 652 g/mol. The van der Waals surface area contributed by atoms with E-state index in [1.807, 2.05) is 43.3 Å². The standard InChI is InChI=1S/C35H41N3O7.ClH/c1-23-18-24(2)31(25(3)19-23)34(42)44-22-30(39)32(40)28(16-10-11-17-36)37-33(41)29(20-26-12-6-4-7-13-26)38-35(43)45-21-27-14-8-5-9-15-27;/h4-9,12-15,18-19,28-29H,10-11,16-17,20-22,36H2,1-3H3,(H,37,41)(H,38,43);1H/t28-,29-;/m0./s1. The van der Waals surface area contributed by atoms with Gasteiger partial charge in [-0.15, -0.1) is 12.4 Å². The van der Waals surface area contributed by atoms with Crippen LogP contribution in [0.3, 0.4) is 0 Å². The van der Waals surface area contributed by atoms with Crippen LogP contribution in [0.2, 0.25) is 0 Å². The third-order valence-corrected chi connectivity index (χ3v) is 7.17. The summed E-state index contributed by atoms with van der Waals surface area (Å²) < 4.78 is 10.5. The number of alkyl carbamates (subject to hydrolysis) is 1. The van der Waals surface area contributed by atoms with Crippen molar-refractivity contribution in [3.8, 4) is 0 Å². The number of aryl methyl sites for hydroxylation is 3. The van der Waals surface area contributed by atoms with Gasteiger partial charge in [-0.2, -0.15) is 0 Å². The molecule has 11 heteroatoms. The maximum Gasteiger partial charge on any atom is 0.408 e. The highest BCUT2D eigenvalue weighted by atomic mass is 35.5. The lowest BCUT2D eigenvalue weighted by atomic mass is 9.99. The number of benzene rings is 3. The fourth-order valence-corrected chi connectivity index (χ4v) is 4.97. The molecule has 0 unspecified atom stereocenters. The highest BCUT2D eigenvalue weighted by Crippen LogP contribution is 2.17. The van der Waals surface area contributed by atoms with Gasteiger partial charge in [-0.3, -0.25) is 14.4 Å². The molecule has 0 aliphatic rings. The lowest BCUT2D eigenvalue weighted by Crippen LogP contribution is -2.53. The normalized spacial score (nSPS) is 11.7. The summed E-state index contributed by atoms with van der Waals surface area (Å²) in [6.45, 7) is 5.03. The van der Waals surface area contributed by atoms with E-state index in [2.05, 4.69) is 10.6 Å². The molecule has 0 saturated carbocycles. The second-order valence-electron chi connectivity index (χ2n) is 10.9. The second kappa shape index (κ2) is 19.1. The predicted molar refractivity (Wildman–Crippen MR) is 177 cm³/mol. The summed E-state index contributed by atoms with van der Waals surface area (Å²) in [6, 6.07) is 19.5. The number of carbonyl (C=O) groups is 5. The van der Waals surface area contributed by atoms with E-state index < -0.39 is 48.2 Å². The Morgan fingerprint density at radius 2 is 1.35 bits per heavy atom. The number of Topliss-reactive ketones (excluding diaryl/α,β-unsaturated/α-hetero) is 2. The van der Waals surface area contributed by atoms with Crippen molar-refractivity contribution in [2.45, 2.75) is 65.1 Å². The SMILES string of the molecule is Cc1cc(C)c(C(=O)OCC(=O)C(=O)[C@H](CCCCN)NC(=O)[C@H](Cc2ccccc2)NC(=O)OCc2ccccc2)c(C)c1.Cl. The Morgan fingerprint density at radius 3 is 1.93 bits per heavy atom. The van der Waals surface area contributed by atoms with E-state index in [0.717, 1.165) is 16.7 Å². The highest BCUT2D eigenvalue weighted by Gasteiger charge is 2.31. The number of amides is 2. The summed E-state index contributed by atoms with van der Waals surface area (Å²) in [4.78, 5) is 65.2. The van der Waals surface area contributed by atoms with Gasteiger partial charge in [0.05, 0.1) is 11.6 Å². The van der Waals surface area contributed by atoms with Gasteiger partial charge >= 0.3 is 12.1 Å². The first-order chi connectivity index (χ1) is 21.6. The molecule has 3 aromatic rings. The lowest BCUT2D eigenvalue weighted by molar-refractivity contribution is -0.140. The Hall–Kier alpha value is -4.54. The highest BCUT2D eigenvalue weighted by molar-refractivity contribution is 6.40. The van der Waals surface area contributed by atoms with Crippen LogP contribution >= 0.6 is 12.4 Å². The maximum absolute atomic E-state index is 13.5. The molecule has 0 aliphatic carbocycles. The van der Waals surface area contributed by atoms with E-state index in [4.69, 9.17) is 15.2 Å². The molecule has 10 nitrogen and oxygen atoms in total. The van der Waals surface area contributed by atoms with Crippen molar-refractivity contribution in [1.82, 2.24) is 10.6 Å². The molecule has 0 fully saturated rings. The number of hydrogen-bond donors (Lipinski definition) is 3. The molecule has 0 heterocycles. The third kappa shape index (κ3) is 11.8. The molecule has 246 valence electrons. The molecule has 0 aromatic heterocycles. The molecule has 0 radical (unpaired) electrons. The molecule has 0 spiro atoms. The van der Waals surface area contributed by atoms with E-state index in [-0.39, 0.29) is 31.9 Å². The Labute approximate surface area is 275 Å². The first-order valence-electron chi connectivity index (χ1n) is 14.9. The Morgan fingerprint density at radius 1 is 0.761 bits per heavy atom. The van der Waals surface area contributed by atoms with Crippen molar-refractivity contribution in [3.63, 3.8) is 0 Å². The van der Waals surface area contributed by atoms with Crippen LogP contribution in [0.15, 0.2) is 72.8 Å². The summed E-state index contributed by atoms with van der Waals surface area (Å²) in [5, 5.41) is 5.23. The fraction of sp³-hybridized carbons (Fsp3) is 0.343. The van der Waals surface area contributed by atoms with Crippen LogP contribution in [0.5, 0.6) is 0 Å². The summed E-state index contributed by atoms with van der Waals surface area (Å²) in [5.41, 5.74) is 9.87. The monoisotopic (exact) mass is 651 g/mol. The Bertz CT molecular complexity index is 1460. The maximum atomic E-state index is 13.5. The molecule has 2 atom stereocenters. The lowest BCUT2D eigenvalue weighted by Gasteiger charge is -2.23. The summed E-state index contributed by atoms with van der Waals surface area (Å²) in [5.74, 6) is -3.25. The number of nitrogens with two attached hydrogens (primary N) is 1. The Balaban J connectivity index is 0.00000736. The number of unbranched alkanes of at least 4 members (excludes halogenated alkanes) is 1. The molecule has 0 bridgehead atoms. The number of ketones is 2. The molecule has 46 heavy (non-hydrogen) atoms. The molecule has 0 saturated heterocycles. The van der Waals surface area contributed by atoms with Gasteiger partial charge < -0.3 is 25.8 Å². The van der Waals surface area contributed by atoms with Crippen molar-refractivity contribution in [2.24, 2.45) is 5.73 Å². The number of rotatable bonds is 16. The number of ether oxygens (including phenoxy) is 2. The van der Waals surface area contributed by atoms with Crippen LogP contribution < -0.4 is 16.4 Å². The van der Waals surface area contributed by atoms with E-state index >= 15 is 0 Å². The van der Waals surface area contributed by atoms with Gasteiger partial charge in [0.25, 0.3) is 0 Å². The van der Waals surface area contributed by atoms with Crippen LogP contribution in [0.1, 0.15) is 57.4 Å². The van der Waals surface area contributed by atoms with Gasteiger partial charge in [-0.25, -0.2) is 9.59 Å². The van der Waals surface area contributed by atoms with Gasteiger partial charge in [0.2, 0.25) is 17.5 Å². The van der Waals surface area contributed by atoms with E-state index in [9.17, 15) is 24.0 Å². The minimum atomic E-state index is -1.21. The van der Waals surface area contributed by atoms with Gasteiger partial charge in [-0.05, 0) is 68.8 Å². The summed E-state index contributed by atoms with van der Waals surface area (Å²) in [6.07, 6.45) is 0.446. The van der Waals surface area contributed by atoms with E-state index in [0.29, 0.717) is 36.1 Å². The average Bonchev–Trinajstić information content (AvgIpc) is 3.02. The van der Waals surface area contributed by atoms with Crippen LogP contribution in [0.25, 0.3) is 0 Å². The minimum Gasteiger partial charge on any atom is -0.454 e. The van der Waals surface area contributed by atoms with Crippen LogP contribution in [-0.4, -0.2) is 54.8 Å². The molecule has 4 N–H and O–H groups in total. The van der Waals surface area contributed by atoms with Gasteiger partial charge in [0.15, 0.2) is 6.61 Å². The number of hydrogen-bond acceptors (Lipinski definition) is 8. The third-order valence-electron chi connectivity index (χ3n) is 7.17. The first kappa shape index (κ1) is 37.6. The first-order valence-corrected chi connectivity index (χ1v) is 14.9. The topological polar surface area (TPSA) is 154 Å². The van der Waals surface area contributed by atoms with Gasteiger partial charge in [-0.1, -0.05) is 78.4 Å². The number of esters is 1. The fourth-order valence-electron chi connectivity index (χ4n) is 4.97. The van der Waals surface area contributed by atoms with E-state index in [1.165, 1.54) is 0 Å². The Kier molecular flexibility index (Phi) is 15.6. The van der Waals surface area contributed by atoms with Gasteiger partial charge in [0, 0.05) is 6.42 Å². The van der Waals surface area contributed by atoms with Crippen LogP contribution in [0, 0.1) is 20.8 Å². The zero-order valence-corrected chi connectivity index (χ0v) is 27.2. The van der Waals surface area contributed by atoms with Crippen molar-refractivity contribution in [3.05, 3.63) is 106 Å². The smallest absolute Gasteiger partial charge is 0.408 e. The number of halogens is 1. The van der Waals surface area contributed by atoms with Crippen LogP contribution in [0.4, 0.5) is 4.79 Å². The molecule has 0 aliphatic heterocycles. The van der Waals surface area contributed by atoms with Crippen LogP contribution in [-0.2, 0) is 36.9 Å². The zero-order chi connectivity index (χ0) is 32.8. The van der Waals surface area contributed by atoms with Crippen molar-refractivity contribution >= 4 is 41.9 Å². The van der Waals surface area contributed by atoms with E-state index in [1.54, 1.807) is 50.2 Å². The minimum absolute atomic E-state index is 0. The van der Waals surface area contributed by atoms with Crippen molar-refractivity contribution in [2.75, 3.05) is 13.2 Å². The van der Waals surface area contributed by atoms with Gasteiger partial charge in [0.1, 0.15) is 12.6 Å². The largest absolute Gasteiger partial charge is 0.454 e. The molecular formula is C35H42ClN3O7. The second-order valence-corrected chi connectivity index (χ2v) is 10.9. The molecule has 2 amide bonds. The quantitative estimate of drug-likeness (QED) is 0.116.